The Morgan fingerprint density at radius 3 is 2.78 bits per heavy atom. The van der Waals surface area contributed by atoms with E-state index in [1.54, 1.807) is 18.2 Å². The van der Waals surface area contributed by atoms with E-state index < -0.39 is 5.63 Å². The van der Waals surface area contributed by atoms with Crippen LogP contribution in [0.3, 0.4) is 0 Å². The van der Waals surface area contributed by atoms with E-state index in [0.29, 0.717) is 12.0 Å². The Hall–Kier alpha value is -2.21. The molecule has 6 nitrogen and oxygen atoms in total. The number of aliphatic hydroxyl groups excluding tert-OH is 1. The van der Waals surface area contributed by atoms with E-state index in [1.165, 1.54) is 0 Å². The largest absolute Gasteiger partial charge is 0.504 e. The van der Waals surface area contributed by atoms with E-state index >= 15 is 0 Å². The molecule has 0 aliphatic heterocycles. The molecular weight excluding hydrogens is 300 g/mol. The summed E-state index contributed by atoms with van der Waals surface area (Å²) in [5, 5.41) is 19.5. The van der Waals surface area contributed by atoms with Crippen molar-refractivity contribution in [3.63, 3.8) is 0 Å². The van der Waals surface area contributed by atoms with Gasteiger partial charge in [-0.05, 0) is 24.5 Å². The van der Waals surface area contributed by atoms with Gasteiger partial charge in [0, 0.05) is 0 Å². The van der Waals surface area contributed by atoms with Crippen molar-refractivity contribution in [2.75, 3.05) is 19.8 Å². The summed E-state index contributed by atoms with van der Waals surface area (Å²) >= 11 is 0. The molecule has 1 heterocycles. The van der Waals surface area contributed by atoms with Crippen molar-refractivity contribution in [3.05, 3.63) is 28.6 Å². The highest BCUT2D eigenvalue weighted by molar-refractivity contribution is 5.89. The number of aromatic hydroxyl groups is 1. The maximum Gasteiger partial charge on any atom is 0.383 e. The average Bonchev–Trinajstić information content (AvgIpc) is 2.53. The summed E-state index contributed by atoms with van der Waals surface area (Å²) in [5.41, 5.74) is -0.615. The van der Waals surface area contributed by atoms with Gasteiger partial charge < -0.3 is 24.1 Å². The van der Waals surface area contributed by atoms with Gasteiger partial charge in [-0.15, -0.1) is 0 Å². The molecule has 2 aromatic rings. The van der Waals surface area contributed by atoms with Gasteiger partial charge in [0.15, 0.2) is 17.1 Å². The molecule has 6 heteroatoms. The van der Waals surface area contributed by atoms with Crippen molar-refractivity contribution in [2.45, 2.75) is 26.7 Å². The summed E-state index contributed by atoms with van der Waals surface area (Å²) in [6.45, 7) is 4.33. The molecule has 0 amide bonds. The first-order valence-corrected chi connectivity index (χ1v) is 7.73. The molecule has 0 saturated carbocycles. The van der Waals surface area contributed by atoms with E-state index in [4.69, 9.17) is 19.0 Å². The molecule has 2 rings (SSSR count). The van der Waals surface area contributed by atoms with Gasteiger partial charge in [-0.2, -0.15) is 0 Å². The summed E-state index contributed by atoms with van der Waals surface area (Å²) in [4.78, 5) is 12.1. The minimum absolute atomic E-state index is 0.0658. The van der Waals surface area contributed by atoms with Crippen molar-refractivity contribution in [3.8, 4) is 17.2 Å². The summed E-state index contributed by atoms with van der Waals surface area (Å²) < 4.78 is 16.0. The van der Waals surface area contributed by atoms with Gasteiger partial charge in [0.05, 0.1) is 18.6 Å². The molecule has 0 saturated heterocycles. The Kier molecular flexibility index (Phi) is 5.87. The lowest BCUT2D eigenvalue weighted by atomic mass is 10.1. The van der Waals surface area contributed by atoms with Gasteiger partial charge in [0.1, 0.15) is 6.61 Å². The van der Waals surface area contributed by atoms with Gasteiger partial charge in [0.2, 0.25) is 5.75 Å². The zero-order valence-corrected chi connectivity index (χ0v) is 13.4. The predicted octanol–water partition coefficient (Wildman–Crippen LogP) is 2.68. The molecule has 1 unspecified atom stereocenters. The molecule has 0 aliphatic carbocycles. The third-order valence-corrected chi connectivity index (χ3v) is 3.47. The van der Waals surface area contributed by atoms with Crippen LogP contribution >= 0.6 is 0 Å². The van der Waals surface area contributed by atoms with Crippen LogP contribution in [0.15, 0.2) is 27.4 Å². The van der Waals surface area contributed by atoms with Gasteiger partial charge >= 0.3 is 5.63 Å². The molecule has 2 N–H and O–H groups in total. The predicted molar refractivity (Wildman–Crippen MR) is 86.3 cm³/mol. The second-order valence-electron chi connectivity index (χ2n) is 5.48. The average molecular weight is 322 g/mol. The van der Waals surface area contributed by atoms with Crippen LogP contribution in [-0.4, -0.2) is 30.0 Å². The Balaban J connectivity index is 2.35. The van der Waals surface area contributed by atoms with Crippen LogP contribution in [0.1, 0.15) is 26.7 Å². The van der Waals surface area contributed by atoms with Crippen molar-refractivity contribution >= 4 is 11.0 Å². The second-order valence-corrected chi connectivity index (χ2v) is 5.48. The van der Waals surface area contributed by atoms with Crippen molar-refractivity contribution < 1.29 is 24.1 Å². The summed E-state index contributed by atoms with van der Waals surface area (Å²) in [5.74, 6) is 0.123. The van der Waals surface area contributed by atoms with E-state index in [9.17, 15) is 9.90 Å². The molecule has 1 aromatic heterocycles. The van der Waals surface area contributed by atoms with E-state index in [2.05, 4.69) is 6.92 Å². The van der Waals surface area contributed by atoms with Gasteiger partial charge in [0.25, 0.3) is 0 Å². The smallest absolute Gasteiger partial charge is 0.383 e. The Morgan fingerprint density at radius 1 is 1.30 bits per heavy atom. The SMILES string of the molecule is CCCC(C)COc1c(O)c2cccc(OCCO)c2oc1=O. The van der Waals surface area contributed by atoms with Crippen LogP contribution in [-0.2, 0) is 0 Å². The normalized spacial score (nSPS) is 12.3. The lowest BCUT2D eigenvalue weighted by Gasteiger charge is -2.13. The maximum atomic E-state index is 12.1. The molecule has 0 aliphatic rings. The quantitative estimate of drug-likeness (QED) is 0.726. The molecular formula is C17H22O6. The van der Waals surface area contributed by atoms with E-state index in [0.717, 1.165) is 12.8 Å². The lowest BCUT2D eigenvalue weighted by molar-refractivity contribution is 0.200. The molecule has 0 bridgehead atoms. The van der Waals surface area contributed by atoms with Gasteiger partial charge in [-0.25, -0.2) is 4.79 Å². The first kappa shape index (κ1) is 17.1. The van der Waals surface area contributed by atoms with Gasteiger partial charge in [-0.3, -0.25) is 0 Å². The van der Waals surface area contributed by atoms with Crippen LogP contribution in [0, 0.1) is 5.92 Å². The Morgan fingerprint density at radius 2 is 2.09 bits per heavy atom. The standard InChI is InChI=1S/C17H22O6/c1-3-5-11(2)10-22-16-14(19)12-6-4-7-13(21-9-8-18)15(12)23-17(16)20/h4,6-7,11,18-19H,3,5,8-10H2,1-2H3. The number of aliphatic hydroxyl groups is 1. The fraction of sp³-hybridized carbons (Fsp3) is 0.471. The summed E-state index contributed by atoms with van der Waals surface area (Å²) in [6.07, 6.45) is 1.99. The summed E-state index contributed by atoms with van der Waals surface area (Å²) in [6, 6.07) is 4.88. The van der Waals surface area contributed by atoms with Crippen molar-refractivity contribution in [1.82, 2.24) is 0 Å². The molecule has 0 spiro atoms. The zero-order chi connectivity index (χ0) is 16.8. The molecule has 1 atom stereocenters. The number of rotatable bonds is 8. The number of para-hydroxylation sites is 1. The molecule has 1 aromatic carbocycles. The van der Waals surface area contributed by atoms with Crippen molar-refractivity contribution in [1.29, 1.82) is 0 Å². The second kappa shape index (κ2) is 7.87. The highest BCUT2D eigenvalue weighted by Crippen LogP contribution is 2.35. The third-order valence-electron chi connectivity index (χ3n) is 3.47. The number of hydrogen-bond acceptors (Lipinski definition) is 6. The highest BCUT2D eigenvalue weighted by Gasteiger charge is 2.18. The number of benzene rings is 1. The van der Waals surface area contributed by atoms with Crippen molar-refractivity contribution in [2.24, 2.45) is 5.92 Å². The first-order valence-electron chi connectivity index (χ1n) is 7.73. The molecule has 126 valence electrons. The first-order chi connectivity index (χ1) is 11.1. The van der Waals surface area contributed by atoms with E-state index in [-0.39, 0.29) is 42.0 Å². The fourth-order valence-electron chi connectivity index (χ4n) is 2.36. The number of ether oxygens (including phenoxy) is 2. The van der Waals surface area contributed by atoms with Crippen LogP contribution < -0.4 is 15.1 Å². The molecule has 0 radical (unpaired) electrons. The molecule has 0 fully saturated rings. The zero-order valence-electron chi connectivity index (χ0n) is 13.4. The van der Waals surface area contributed by atoms with Crippen LogP contribution in [0.5, 0.6) is 17.2 Å². The van der Waals surface area contributed by atoms with Crippen LogP contribution in [0.4, 0.5) is 0 Å². The monoisotopic (exact) mass is 322 g/mol. The summed E-state index contributed by atoms with van der Waals surface area (Å²) in [7, 11) is 0. The number of hydrogen-bond donors (Lipinski definition) is 2. The van der Waals surface area contributed by atoms with Crippen LogP contribution in [0.25, 0.3) is 11.0 Å². The third kappa shape index (κ3) is 3.96. The van der Waals surface area contributed by atoms with Gasteiger partial charge in [-0.1, -0.05) is 26.3 Å². The Bertz CT molecular complexity index is 706. The fourth-order valence-corrected chi connectivity index (χ4v) is 2.36. The lowest BCUT2D eigenvalue weighted by Crippen LogP contribution is -2.14. The minimum Gasteiger partial charge on any atom is -0.504 e. The Labute approximate surface area is 134 Å². The minimum atomic E-state index is -0.751. The highest BCUT2D eigenvalue weighted by atomic mass is 16.5. The topological polar surface area (TPSA) is 89.1 Å². The maximum absolute atomic E-state index is 12.1. The van der Waals surface area contributed by atoms with Crippen LogP contribution in [0.2, 0.25) is 0 Å². The van der Waals surface area contributed by atoms with E-state index in [1.807, 2.05) is 6.92 Å². The number of fused-ring (bicyclic) bond motifs is 1. The molecule has 23 heavy (non-hydrogen) atoms.